The van der Waals surface area contributed by atoms with Crippen molar-refractivity contribution in [1.82, 2.24) is 15.0 Å². The van der Waals surface area contributed by atoms with Gasteiger partial charge in [0.05, 0.1) is 30.5 Å². The zero-order valence-electron chi connectivity index (χ0n) is 11.1. The molecule has 19 heavy (non-hydrogen) atoms. The summed E-state index contributed by atoms with van der Waals surface area (Å²) in [4.78, 5) is 11.0. The van der Waals surface area contributed by atoms with Crippen LogP contribution in [0.25, 0.3) is 0 Å². The average Bonchev–Trinajstić information content (AvgIpc) is 2.74. The number of nitrogens with zero attached hydrogens (tertiary/aromatic N) is 4. The molecule has 1 amide bonds. The number of primary amides is 1. The first-order valence-corrected chi connectivity index (χ1v) is 6.24. The monoisotopic (exact) mass is 265 g/mol. The normalized spacial score (nSPS) is 10.3. The Morgan fingerprint density at radius 3 is 2.95 bits per heavy atom. The highest BCUT2D eigenvalue weighted by Gasteiger charge is 2.14. The van der Waals surface area contributed by atoms with E-state index in [1.165, 1.54) is 0 Å². The van der Waals surface area contributed by atoms with Crippen LogP contribution < -0.4 is 5.73 Å². The van der Waals surface area contributed by atoms with Gasteiger partial charge in [-0.1, -0.05) is 5.21 Å². The van der Waals surface area contributed by atoms with Gasteiger partial charge in [-0.2, -0.15) is 5.26 Å². The molecule has 0 saturated heterocycles. The van der Waals surface area contributed by atoms with Crippen LogP contribution in [0.15, 0.2) is 0 Å². The third-order valence-corrected chi connectivity index (χ3v) is 2.71. The molecule has 1 heterocycles. The Morgan fingerprint density at radius 1 is 1.53 bits per heavy atom. The summed E-state index contributed by atoms with van der Waals surface area (Å²) in [5.74, 6) is -0.421. The summed E-state index contributed by atoms with van der Waals surface area (Å²) >= 11 is 0. The van der Waals surface area contributed by atoms with Crippen molar-refractivity contribution in [1.29, 1.82) is 5.26 Å². The first kappa shape index (κ1) is 15.1. The maximum atomic E-state index is 11.0. The van der Waals surface area contributed by atoms with E-state index >= 15 is 0 Å². The summed E-state index contributed by atoms with van der Waals surface area (Å²) in [6.07, 6.45) is 2.95. The number of methoxy groups -OCH3 is 1. The van der Waals surface area contributed by atoms with Gasteiger partial charge in [0.1, 0.15) is 0 Å². The quantitative estimate of drug-likeness (QED) is 0.641. The highest BCUT2D eigenvalue weighted by atomic mass is 16.5. The van der Waals surface area contributed by atoms with Crippen LogP contribution in [0.2, 0.25) is 0 Å². The molecular weight excluding hydrogens is 246 g/mol. The van der Waals surface area contributed by atoms with Gasteiger partial charge < -0.3 is 10.5 Å². The molecule has 0 atom stereocenters. The average molecular weight is 265 g/mol. The van der Waals surface area contributed by atoms with Crippen molar-refractivity contribution in [2.75, 3.05) is 13.7 Å². The largest absolute Gasteiger partial charge is 0.384 e. The Hall–Kier alpha value is -1.94. The van der Waals surface area contributed by atoms with Gasteiger partial charge in [-0.25, -0.2) is 4.68 Å². The molecule has 0 unspecified atom stereocenters. The van der Waals surface area contributed by atoms with E-state index in [4.69, 9.17) is 15.7 Å². The maximum Gasteiger partial charge on any atom is 0.223 e. The van der Waals surface area contributed by atoms with Crippen LogP contribution in [-0.4, -0.2) is 34.6 Å². The van der Waals surface area contributed by atoms with Crippen LogP contribution in [0, 0.1) is 11.3 Å². The number of rotatable bonds is 9. The van der Waals surface area contributed by atoms with Crippen molar-refractivity contribution in [3.05, 3.63) is 11.4 Å². The lowest BCUT2D eigenvalue weighted by molar-refractivity contribution is -0.117. The maximum absolute atomic E-state index is 11.0. The van der Waals surface area contributed by atoms with Crippen molar-refractivity contribution in [3.8, 4) is 6.07 Å². The number of aromatic nitrogens is 3. The molecule has 1 rings (SSSR count). The van der Waals surface area contributed by atoms with Crippen molar-refractivity contribution >= 4 is 5.91 Å². The third kappa shape index (κ3) is 5.06. The molecule has 2 N–H and O–H groups in total. The minimum atomic E-state index is -0.421. The zero-order valence-corrected chi connectivity index (χ0v) is 11.1. The van der Waals surface area contributed by atoms with Crippen molar-refractivity contribution in [2.45, 2.75) is 38.6 Å². The summed E-state index contributed by atoms with van der Waals surface area (Å²) in [7, 11) is 1.62. The number of carbonyl (C=O) groups is 1. The van der Waals surface area contributed by atoms with E-state index in [0.29, 0.717) is 31.7 Å². The summed E-state index contributed by atoms with van der Waals surface area (Å²) in [6, 6.07) is 2.11. The van der Waals surface area contributed by atoms with Gasteiger partial charge in [0.2, 0.25) is 5.91 Å². The molecule has 0 aromatic carbocycles. The lowest BCUT2D eigenvalue weighted by atomic mass is 10.2. The SMILES string of the molecule is COCCc1c(CC(N)=O)nnn1CCCCC#N. The lowest BCUT2D eigenvalue weighted by Gasteiger charge is -2.06. The van der Waals surface area contributed by atoms with Crippen molar-refractivity contribution < 1.29 is 9.53 Å². The molecule has 0 aliphatic rings. The highest BCUT2D eigenvalue weighted by Crippen LogP contribution is 2.09. The standard InChI is InChI=1S/C12H19N5O2/c1-19-8-5-11-10(9-12(14)18)15-16-17(11)7-4-2-3-6-13/h2-5,7-9H2,1H3,(H2,14,18). The number of carbonyl (C=O) groups excluding carboxylic acids is 1. The molecule has 0 bridgehead atoms. The van der Waals surface area contributed by atoms with Gasteiger partial charge in [-0.15, -0.1) is 5.10 Å². The minimum Gasteiger partial charge on any atom is -0.384 e. The van der Waals surface area contributed by atoms with Crippen molar-refractivity contribution in [3.63, 3.8) is 0 Å². The van der Waals surface area contributed by atoms with E-state index in [9.17, 15) is 4.79 Å². The summed E-state index contributed by atoms with van der Waals surface area (Å²) < 4.78 is 6.82. The molecule has 7 nitrogen and oxygen atoms in total. The smallest absolute Gasteiger partial charge is 0.223 e. The van der Waals surface area contributed by atoms with E-state index in [1.54, 1.807) is 11.8 Å². The molecule has 7 heteroatoms. The van der Waals surface area contributed by atoms with Gasteiger partial charge in [0.15, 0.2) is 0 Å². The predicted octanol–water partition coefficient (Wildman–Crippen LogP) is 0.189. The van der Waals surface area contributed by atoms with Crippen LogP contribution in [0.3, 0.4) is 0 Å². The number of ether oxygens (including phenoxy) is 1. The molecule has 0 radical (unpaired) electrons. The van der Waals surface area contributed by atoms with E-state index in [0.717, 1.165) is 18.5 Å². The lowest BCUT2D eigenvalue weighted by Crippen LogP contribution is -2.16. The molecular formula is C12H19N5O2. The molecule has 0 aliphatic heterocycles. The Kier molecular flexibility index (Phi) is 6.53. The van der Waals surface area contributed by atoms with Gasteiger partial charge in [0.25, 0.3) is 0 Å². The van der Waals surface area contributed by atoms with Crippen LogP contribution >= 0.6 is 0 Å². The zero-order chi connectivity index (χ0) is 14.1. The fraction of sp³-hybridized carbons (Fsp3) is 0.667. The van der Waals surface area contributed by atoms with E-state index in [2.05, 4.69) is 16.4 Å². The molecule has 0 fully saturated rings. The van der Waals surface area contributed by atoms with Crippen LogP contribution in [0.5, 0.6) is 0 Å². The Balaban J connectivity index is 2.70. The third-order valence-electron chi connectivity index (χ3n) is 2.71. The van der Waals surface area contributed by atoms with Gasteiger partial charge >= 0.3 is 0 Å². The number of unbranched alkanes of at least 4 members (excludes halogenated alkanes) is 2. The number of hydrogen-bond acceptors (Lipinski definition) is 5. The fourth-order valence-corrected chi connectivity index (χ4v) is 1.79. The summed E-state index contributed by atoms with van der Waals surface area (Å²) in [5, 5.41) is 16.5. The molecule has 0 saturated carbocycles. The summed E-state index contributed by atoms with van der Waals surface area (Å²) in [6.45, 7) is 1.23. The molecule has 0 aliphatic carbocycles. The van der Waals surface area contributed by atoms with Gasteiger partial charge in [-0.05, 0) is 12.8 Å². The number of hydrogen-bond donors (Lipinski definition) is 1. The number of aryl methyl sites for hydroxylation is 1. The second-order valence-corrected chi connectivity index (χ2v) is 4.21. The van der Waals surface area contributed by atoms with Gasteiger partial charge in [-0.3, -0.25) is 4.79 Å². The van der Waals surface area contributed by atoms with E-state index in [1.807, 2.05) is 0 Å². The fourth-order valence-electron chi connectivity index (χ4n) is 1.79. The van der Waals surface area contributed by atoms with E-state index in [-0.39, 0.29) is 6.42 Å². The summed E-state index contributed by atoms with van der Waals surface area (Å²) in [5.41, 5.74) is 6.69. The highest BCUT2D eigenvalue weighted by molar-refractivity contribution is 5.76. The molecule has 0 spiro atoms. The Labute approximate surface area is 112 Å². The number of nitrogens with two attached hydrogens (primary N) is 1. The predicted molar refractivity (Wildman–Crippen MR) is 68.0 cm³/mol. The van der Waals surface area contributed by atoms with Crippen LogP contribution in [-0.2, 0) is 28.9 Å². The van der Waals surface area contributed by atoms with Gasteiger partial charge in [0, 0.05) is 26.5 Å². The molecule has 104 valence electrons. The molecule has 1 aromatic heterocycles. The molecule has 1 aromatic rings. The van der Waals surface area contributed by atoms with Crippen LogP contribution in [0.4, 0.5) is 0 Å². The topological polar surface area (TPSA) is 107 Å². The first-order valence-electron chi connectivity index (χ1n) is 6.24. The Bertz CT molecular complexity index is 449. The van der Waals surface area contributed by atoms with Crippen LogP contribution in [0.1, 0.15) is 30.7 Å². The van der Waals surface area contributed by atoms with E-state index < -0.39 is 5.91 Å². The second kappa shape index (κ2) is 8.21. The number of nitriles is 1. The second-order valence-electron chi connectivity index (χ2n) is 4.21. The number of amides is 1. The first-order chi connectivity index (χ1) is 9.19. The minimum absolute atomic E-state index is 0.0945. The van der Waals surface area contributed by atoms with Crippen molar-refractivity contribution in [2.24, 2.45) is 5.73 Å². The Morgan fingerprint density at radius 2 is 2.32 bits per heavy atom.